The summed E-state index contributed by atoms with van der Waals surface area (Å²) in [7, 11) is 0. The molecule has 0 aliphatic heterocycles. The summed E-state index contributed by atoms with van der Waals surface area (Å²) in [6, 6.07) is 8.43. The summed E-state index contributed by atoms with van der Waals surface area (Å²) >= 11 is 1.28. The number of carbonyl (C=O) groups excluding carboxylic acids is 1. The Bertz CT molecular complexity index is 716. The number of benzene rings is 1. The molecule has 0 aliphatic rings. The molecular weight excluding hydrogens is 360 g/mol. The van der Waals surface area contributed by atoms with E-state index in [1.54, 1.807) is 0 Å². The summed E-state index contributed by atoms with van der Waals surface area (Å²) in [6.07, 6.45) is 0. The van der Waals surface area contributed by atoms with E-state index in [1.807, 2.05) is 44.7 Å². The second-order valence-electron chi connectivity index (χ2n) is 6.87. The molecule has 27 heavy (non-hydrogen) atoms. The van der Waals surface area contributed by atoms with Crippen molar-refractivity contribution in [3.63, 3.8) is 0 Å². The first-order valence-corrected chi connectivity index (χ1v) is 10.5. The minimum atomic E-state index is 0.0772. The molecule has 2 aromatic rings. The van der Waals surface area contributed by atoms with E-state index in [-0.39, 0.29) is 18.0 Å². The third kappa shape index (κ3) is 5.48. The zero-order valence-corrected chi connectivity index (χ0v) is 17.9. The van der Waals surface area contributed by atoms with Gasteiger partial charge >= 0.3 is 0 Å². The van der Waals surface area contributed by atoms with E-state index < -0.39 is 0 Å². The monoisotopic (exact) mass is 390 g/mol. The molecule has 0 N–H and O–H groups in total. The number of amides is 1. The van der Waals surface area contributed by atoms with Crippen LogP contribution in [0.1, 0.15) is 41.5 Å². The quantitative estimate of drug-likeness (QED) is 0.594. The third-order valence-corrected chi connectivity index (χ3v) is 5.17. The van der Waals surface area contributed by atoms with Gasteiger partial charge in [-0.3, -0.25) is 4.79 Å². The van der Waals surface area contributed by atoms with E-state index in [0.29, 0.717) is 16.9 Å². The van der Waals surface area contributed by atoms with Gasteiger partial charge < -0.3 is 14.2 Å². The highest BCUT2D eigenvalue weighted by molar-refractivity contribution is 7.99. The topological polar surface area (TPSA) is 62.5 Å². The minimum absolute atomic E-state index is 0.0772. The van der Waals surface area contributed by atoms with Crippen molar-refractivity contribution in [3.8, 4) is 11.5 Å². The maximum Gasteiger partial charge on any atom is 0.277 e. The van der Waals surface area contributed by atoms with Crippen LogP contribution in [0.15, 0.2) is 33.9 Å². The maximum atomic E-state index is 12.4. The Labute approximate surface area is 166 Å². The van der Waals surface area contributed by atoms with Gasteiger partial charge in [0.2, 0.25) is 11.8 Å². The first-order chi connectivity index (χ1) is 12.9. The molecule has 0 bridgehead atoms. The number of rotatable bonds is 9. The van der Waals surface area contributed by atoms with Crippen LogP contribution in [-0.4, -0.2) is 51.9 Å². The van der Waals surface area contributed by atoms with Crippen LogP contribution < -0.4 is 4.90 Å². The third-order valence-electron chi connectivity index (χ3n) is 4.37. The van der Waals surface area contributed by atoms with Gasteiger partial charge in [0.25, 0.3) is 5.22 Å². The molecule has 0 spiro atoms. The molecule has 148 valence electrons. The zero-order valence-electron chi connectivity index (χ0n) is 17.1. The first kappa shape index (κ1) is 21.3. The van der Waals surface area contributed by atoms with Gasteiger partial charge in [-0.15, -0.1) is 10.2 Å². The summed E-state index contributed by atoms with van der Waals surface area (Å²) in [4.78, 5) is 16.6. The first-order valence-electron chi connectivity index (χ1n) is 9.50. The van der Waals surface area contributed by atoms with Crippen molar-refractivity contribution in [1.29, 1.82) is 0 Å². The van der Waals surface area contributed by atoms with E-state index in [4.69, 9.17) is 4.42 Å². The molecule has 1 heterocycles. The predicted molar refractivity (Wildman–Crippen MR) is 111 cm³/mol. The largest absolute Gasteiger partial charge is 0.411 e. The standard InChI is InChI=1S/C20H30N4O2S/c1-7-23(8-2)17-11-9-16(10-12-17)19-21-22-20(26-19)27-13-18(25)24(14(3)4)15(5)6/h9-12,14-15H,7-8,13H2,1-6H3. The highest BCUT2D eigenvalue weighted by Gasteiger charge is 2.21. The smallest absolute Gasteiger partial charge is 0.277 e. The summed E-state index contributed by atoms with van der Waals surface area (Å²) in [6.45, 7) is 14.3. The van der Waals surface area contributed by atoms with Crippen molar-refractivity contribution in [2.45, 2.75) is 58.8 Å². The molecule has 6 nitrogen and oxygen atoms in total. The Balaban J connectivity index is 2.01. The summed E-state index contributed by atoms with van der Waals surface area (Å²) in [5.74, 6) is 0.841. The second-order valence-corrected chi connectivity index (χ2v) is 7.80. The highest BCUT2D eigenvalue weighted by Crippen LogP contribution is 2.26. The van der Waals surface area contributed by atoms with E-state index >= 15 is 0 Å². The van der Waals surface area contributed by atoms with E-state index in [1.165, 1.54) is 17.4 Å². The van der Waals surface area contributed by atoms with Crippen molar-refractivity contribution >= 4 is 23.4 Å². The van der Waals surface area contributed by atoms with Crippen LogP contribution in [-0.2, 0) is 4.79 Å². The van der Waals surface area contributed by atoms with Gasteiger partial charge in [0.15, 0.2) is 0 Å². The summed E-state index contributed by atoms with van der Waals surface area (Å²) < 4.78 is 5.73. The average molecular weight is 391 g/mol. The molecule has 2 rings (SSSR count). The van der Waals surface area contributed by atoms with Crippen LogP contribution in [0.25, 0.3) is 11.5 Å². The van der Waals surface area contributed by atoms with Crippen molar-refractivity contribution < 1.29 is 9.21 Å². The SMILES string of the molecule is CCN(CC)c1ccc(-c2nnc(SCC(=O)N(C(C)C)C(C)C)o2)cc1. The van der Waals surface area contributed by atoms with Gasteiger partial charge in [0.1, 0.15) is 0 Å². The van der Waals surface area contributed by atoms with Crippen molar-refractivity contribution in [1.82, 2.24) is 15.1 Å². The van der Waals surface area contributed by atoms with E-state index in [9.17, 15) is 4.79 Å². The van der Waals surface area contributed by atoms with Crippen molar-refractivity contribution in [2.24, 2.45) is 0 Å². The normalized spacial score (nSPS) is 11.3. The summed E-state index contributed by atoms with van der Waals surface area (Å²) in [5.41, 5.74) is 2.05. The molecule has 1 aromatic heterocycles. The molecule has 1 amide bonds. The fourth-order valence-electron chi connectivity index (χ4n) is 3.16. The van der Waals surface area contributed by atoms with Crippen LogP contribution in [0.4, 0.5) is 5.69 Å². The molecule has 0 saturated heterocycles. The molecule has 0 radical (unpaired) electrons. The lowest BCUT2D eigenvalue weighted by molar-refractivity contribution is -0.131. The second kappa shape index (κ2) is 9.78. The van der Waals surface area contributed by atoms with Crippen LogP contribution in [0.3, 0.4) is 0 Å². The molecular formula is C20H30N4O2S. The Kier molecular flexibility index (Phi) is 7.71. The maximum absolute atomic E-state index is 12.4. The Morgan fingerprint density at radius 1 is 1.04 bits per heavy atom. The Hall–Kier alpha value is -2.02. The van der Waals surface area contributed by atoms with Crippen LogP contribution in [0.2, 0.25) is 0 Å². The van der Waals surface area contributed by atoms with Gasteiger partial charge in [-0.1, -0.05) is 11.8 Å². The number of thioether (sulfide) groups is 1. The number of nitrogens with zero attached hydrogens (tertiary/aromatic N) is 4. The molecule has 0 saturated carbocycles. The number of hydrogen-bond donors (Lipinski definition) is 0. The number of aromatic nitrogens is 2. The van der Waals surface area contributed by atoms with Gasteiger partial charge in [0, 0.05) is 36.4 Å². The average Bonchev–Trinajstić information content (AvgIpc) is 3.10. The molecule has 1 aromatic carbocycles. The van der Waals surface area contributed by atoms with Gasteiger partial charge in [-0.25, -0.2) is 0 Å². The number of hydrogen-bond acceptors (Lipinski definition) is 6. The van der Waals surface area contributed by atoms with E-state index in [2.05, 4.69) is 41.1 Å². The van der Waals surface area contributed by atoms with Crippen molar-refractivity contribution in [2.75, 3.05) is 23.7 Å². The van der Waals surface area contributed by atoms with E-state index in [0.717, 1.165) is 18.7 Å². The van der Waals surface area contributed by atoms with Crippen molar-refractivity contribution in [3.05, 3.63) is 24.3 Å². The molecule has 0 aliphatic carbocycles. The predicted octanol–water partition coefficient (Wildman–Crippen LogP) is 4.32. The van der Waals surface area contributed by atoms with Gasteiger partial charge in [-0.2, -0.15) is 0 Å². The lowest BCUT2D eigenvalue weighted by Crippen LogP contribution is -2.43. The Morgan fingerprint density at radius 3 is 2.15 bits per heavy atom. The summed E-state index contributed by atoms with van der Waals surface area (Å²) in [5, 5.41) is 8.60. The Morgan fingerprint density at radius 2 is 1.63 bits per heavy atom. The van der Waals surface area contributed by atoms with Gasteiger partial charge in [-0.05, 0) is 65.8 Å². The fourth-order valence-corrected chi connectivity index (χ4v) is 3.79. The highest BCUT2D eigenvalue weighted by atomic mass is 32.2. The van der Waals surface area contributed by atoms with Crippen LogP contribution in [0, 0.1) is 0 Å². The molecule has 0 fully saturated rings. The van der Waals surface area contributed by atoms with Crippen LogP contribution >= 0.6 is 11.8 Å². The molecule has 0 atom stereocenters. The fraction of sp³-hybridized carbons (Fsp3) is 0.550. The number of carbonyl (C=O) groups is 1. The van der Waals surface area contributed by atoms with Crippen LogP contribution in [0.5, 0.6) is 0 Å². The number of anilines is 1. The molecule has 0 unspecified atom stereocenters. The lowest BCUT2D eigenvalue weighted by atomic mass is 10.2. The van der Waals surface area contributed by atoms with Gasteiger partial charge in [0.05, 0.1) is 5.75 Å². The minimum Gasteiger partial charge on any atom is -0.411 e. The molecule has 7 heteroatoms. The zero-order chi connectivity index (χ0) is 20.0. The lowest BCUT2D eigenvalue weighted by Gasteiger charge is -2.30.